The molecule has 30 heavy (non-hydrogen) atoms. The molecule has 0 saturated heterocycles. The molecule has 0 aliphatic heterocycles. The van der Waals surface area contributed by atoms with Crippen LogP contribution in [-0.2, 0) is 22.5 Å². The first-order valence-corrected chi connectivity index (χ1v) is 9.56. The molecule has 0 unspecified atom stereocenters. The Bertz CT molecular complexity index is 1180. The summed E-state index contributed by atoms with van der Waals surface area (Å²) in [6.07, 6.45) is 0.253. The minimum atomic E-state index is -1.25. The maximum absolute atomic E-state index is 13.0. The Morgan fingerprint density at radius 1 is 1.17 bits per heavy atom. The van der Waals surface area contributed by atoms with Gasteiger partial charge in [0.1, 0.15) is 17.2 Å². The number of thiophene rings is 1. The van der Waals surface area contributed by atoms with Crippen molar-refractivity contribution in [1.29, 1.82) is 0 Å². The lowest BCUT2D eigenvalue weighted by Gasteiger charge is -2.13. The number of carboxylic acids is 2. The summed E-state index contributed by atoms with van der Waals surface area (Å²) in [6.45, 7) is -0.135. The molecule has 0 aliphatic rings. The van der Waals surface area contributed by atoms with Crippen LogP contribution in [0.4, 0.5) is 5.69 Å². The number of nitrogens with one attached hydrogen (secondary N) is 1. The SMILES string of the molecule is COCCc1nc2scc(C(=O)O)c2c(=O)n1CC(=O)Nc1ccc(C(=O)O)cc1. The molecule has 3 N–H and O–H groups in total. The molecule has 0 radical (unpaired) electrons. The van der Waals surface area contributed by atoms with Crippen molar-refractivity contribution < 1.29 is 29.3 Å². The summed E-state index contributed by atoms with van der Waals surface area (Å²) < 4.78 is 6.16. The van der Waals surface area contributed by atoms with Crippen LogP contribution in [0.1, 0.15) is 26.5 Å². The van der Waals surface area contributed by atoms with Crippen LogP contribution in [0.25, 0.3) is 10.2 Å². The summed E-state index contributed by atoms with van der Waals surface area (Å²) in [5.41, 5.74) is -0.364. The predicted molar refractivity (Wildman–Crippen MR) is 108 cm³/mol. The smallest absolute Gasteiger partial charge is 0.337 e. The second-order valence-corrected chi connectivity index (χ2v) is 7.09. The summed E-state index contributed by atoms with van der Waals surface area (Å²) >= 11 is 1.04. The van der Waals surface area contributed by atoms with E-state index in [0.717, 1.165) is 15.9 Å². The van der Waals surface area contributed by atoms with Crippen LogP contribution in [-0.4, -0.2) is 51.3 Å². The second kappa shape index (κ2) is 8.84. The van der Waals surface area contributed by atoms with E-state index in [1.54, 1.807) is 0 Å². The first kappa shape index (κ1) is 21.1. The molecule has 2 aromatic heterocycles. The van der Waals surface area contributed by atoms with E-state index in [1.165, 1.54) is 36.8 Å². The van der Waals surface area contributed by atoms with Crippen molar-refractivity contribution in [2.24, 2.45) is 0 Å². The average Bonchev–Trinajstić information content (AvgIpc) is 3.13. The van der Waals surface area contributed by atoms with Crippen molar-refractivity contribution in [3.63, 3.8) is 0 Å². The maximum Gasteiger partial charge on any atom is 0.337 e. The Labute approximate surface area is 173 Å². The van der Waals surface area contributed by atoms with E-state index in [-0.39, 0.29) is 34.4 Å². The maximum atomic E-state index is 13.0. The number of nitrogens with zero attached hydrogens (tertiary/aromatic N) is 2. The molecule has 1 amide bonds. The van der Waals surface area contributed by atoms with Gasteiger partial charge in [-0.25, -0.2) is 14.6 Å². The number of ether oxygens (including phenoxy) is 1. The third kappa shape index (κ3) is 4.36. The van der Waals surface area contributed by atoms with Crippen LogP contribution in [0, 0.1) is 0 Å². The molecule has 3 rings (SSSR count). The van der Waals surface area contributed by atoms with Crippen LogP contribution in [0.5, 0.6) is 0 Å². The van der Waals surface area contributed by atoms with Crippen molar-refractivity contribution in [2.75, 3.05) is 19.0 Å². The van der Waals surface area contributed by atoms with E-state index in [4.69, 9.17) is 9.84 Å². The molecular weight excluding hydrogens is 414 g/mol. The van der Waals surface area contributed by atoms with Crippen molar-refractivity contribution in [1.82, 2.24) is 9.55 Å². The van der Waals surface area contributed by atoms with Crippen LogP contribution in [0.3, 0.4) is 0 Å². The summed E-state index contributed by atoms with van der Waals surface area (Å²) in [5.74, 6) is -2.59. The van der Waals surface area contributed by atoms with E-state index >= 15 is 0 Å². The zero-order chi connectivity index (χ0) is 21.8. The van der Waals surface area contributed by atoms with E-state index in [9.17, 15) is 24.3 Å². The molecule has 0 spiro atoms. The van der Waals surface area contributed by atoms with Gasteiger partial charge in [0.15, 0.2) is 0 Å². The van der Waals surface area contributed by atoms with Gasteiger partial charge in [-0.2, -0.15) is 0 Å². The molecule has 1 aromatic carbocycles. The monoisotopic (exact) mass is 431 g/mol. The number of hydrogen-bond acceptors (Lipinski definition) is 7. The minimum absolute atomic E-state index is 0.0488. The number of methoxy groups -OCH3 is 1. The largest absolute Gasteiger partial charge is 0.478 e. The highest BCUT2D eigenvalue weighted by Gasteiger charge is 2.20. The van der Waals surface area contributed by atoms with Crippen molar-refractivity contribution in [2.45, 2.75) is 13.0 Å². The fourth-order valence-corrected chi connectivity index (χ4v) is 3.73. The number of hydrogen-bond donors (Lipinski definition) is 3. The van der Waals surface area contributed by atoms with Crippen LogP contribution < -0.4 is 10.9 Å². The Hall–Kier alpha value is -3.57. The van der Waals surface area contributed by atoms with Gasteiger partial charge in [-0.05, 0) is 24.3 Å². The number of carbonyl (C=O) groups is 3. The third-order valence-corrected chi connectivity index (χ3v) is 5.12. The lowest BCUT2D eigenvalue weighted by molar-refractivity contribution is -0.116. The minimum Gasteiger partial charge on any atom is -0.478 e. The number of aromatic nitrogens is 2. The van der Waals surface area contributed by atoms with E-state index in [0.29, 0.717) is 11.5 Å². The summed E-state index contributed by atoms with van der Waals surface area (Å²) in [7, 11) is 1.49. The highest BCUT2D eigenvalue weighted by molar-refractivity contribution is 7.17. The molecule has 2 heterocycles. The summed E-state index contributed by atoms with van der Waals surface area (Å²) in [6, 6.07) is 5.54. The Balaban J connectivity index is 1.94. The average molecular weight is 431 g/mol. The van der Waals surface area contributed by atoms with Crippen LogP contribution in [0.15, 0.2) is 34.4 Å². The normalized spacial score (nSPS) is 10.8. The quantitative estimate of drug-likeness (QED) is 0.488. The third-order valence-electron chi connectivity index (χ3n) is 4.25. The fraction of sp³-hybridized carbons (Fsp3) is 0.211. The molecule has 0 atom stereocenters. The van der Waals surface area contributed by atoms with Gasteiger partial charge in [-0.3, -0.25) is 14.2 Å². The zero-order valence-corrected chi connectivity index (χ0v) is 16.6. The molecule has 0 bridgehead atoms. The van der Waals surface area contributed by atoms with Gasteiger partial charge in [0.25, 0.3) is 5.56 Å². The van der Waals surface area contributed by atoms with Gasteiger partial charge in [0.2, 0.25) is 5.91 Å². The first-order chi connectivity index (χ1) is 14.3. The number of anilines is 1. The Morgan fingerprint density at radius 2 is 1.87 bits per heavy atom. The molecular formula is C19H17N3O7S. The van der Waals surface area contributed by atoms with E-state index in [1.807, 2.05) is 0 Å². The summed E-state index contributed by atoms with van der Waals surface area (Å²) in [4.78, 5) is 52.5. The first-order valence-electron chi connectivity index (χ1n) is 8.68. The van der Waals surface area contributed by atoms with Gasteiger partial charge in [0.05, 0.1) is 23.1 Å². The van der Waals surface area contributed by atoms with Gasteiger partial charge in [-0.15, -0.1) is 11.3 Å². The Morgan fingerprint density at radius 3 is 2.47 bits per heavy atom. The molecule has 10 nitrogen and oxygen atoms in total. The molecule has 11 heteroatoms. The number of carbonyl (C=O) groups excluding carboxylic acids is 1. The molecule has 0 aliphatic carbocycles. The van der Waals surface area contributed by atoms with Crippen molar-refractivity contribution in [3.8, 4) is 0 Å². The van der Waals surface area contributed by atoms with Crippen LogP contribution in [0.2, 0.25) is 0 Å². The topological polar surface area (TPSA) is 148 Å². The number of benzene rings is 1. The molecule has 3 aromatic rings. The van der Waals surface area contributed by atoms with Gasteiger partial charge in [-0.1, -0.05) is 0 Å². The lowest BCUT2D eigenvalue weighted by Crippen LogP contribution is -2.32. The standard InChI is InChI=1S/C19H17N3O7S/c1-29-7-6-13-21-16-15(12(9-30-16)19(27)28)17(24)22(13)8-14(23)20-11-4-2-10(3-5-11)18(25)26/h2-5,9H,6-8H2,1H3,(H,20,23)(H,25,26)(H,27,28). The van der Waals surface area contributed by atoms with Gasteiger partial charge >= 0.3 is 11.9 Å². The highest BCUT2D eigenvalue weighted by Crippen LogP contribution is 2.22. The molecule has 0 saturated carbocycles. The molecule has 156 valence electrons. The fourth-order valence-electron chi connectivity index (χ4n) is 2.81. The summed E-state index contributed by atoms with van der Waals surface area (Å²) in [5, 5.41) is 22.1. The van der Waals surface area contributed by atoms with E-state index in [2.05, 4.69) is 10.3 Å². The number of amides is 1. The van der Waals surface area contributed by atoms with Crippen molar-refractivity contribution in [3.05, 3.63) is 57.0 Å². The van der Waals surface area contributed by atoms with Gasteiger partial charge in [0, 0.05) is 24.6 Å². The number of carboxylic acid groups (broad SMARTS) is 2. The van der Waals surface area contributed by atoms with Crippen molar-refractivity contribution >= 4 is 45.1 Å². The van der Waals surface area contributed by atoms with E-state index < -0.39 is 29.9 Å². The zero-order valence-electron chi connectivity index (χ0n) is 15.7. The predicted octanol–water partition coefficient (Wildman–Crippen LogP) is 1.68. The van der Waals surface area contributed by atoms with Crippen LogP contribution >= 0.6 is 11.3 Å². The number of aromatic carboxylic acids is 2. The molecule has 0 fully saturated rings. The highest BCUT2D eigenvalue weighted by atomic mass is 32.1. The second-order valence-electron chi connectivity index (χ2n) is 6.23. The lowest BCUT2D eigenvalue weighted by atomic mass is 10.2. The number of rotatable bonds is 8. The Kier molecular flexibility index (Phi) is 6.23. The van der Waals surface area contributed by atoms with Gasteiger partial charge < -0.3 is 20.3 Å². The number of fused-ring (bicyclic) bond motifs is 1.